The number of hydrogen-bond acceptors (Lipinski definition) is 6. The zero-order valence-corrected chi connectivity index (χ0v) is 25.2. The van der Waals surface area contributed by atoms with E-state index < -0.39 is 12.0 Å². The second kappa shape index (κ2) is 12.6. The van der Waals surface area contributed by atoms with Crippen LogP contribution in [0, 0.1) is 0 Å². The van der Waals surface area contributed by atoms with Crippen molar-refractivity contribution in [2.45, 2.75) is 18.9 Å². The molecule has 0 spiro atoms. The smallest absolute Gasteiger partial charge is 0.335 e. The van der Waals surface area contributed by atoms with Crippen molar-refractivity contribution in [2.75, 3.05) is 44.7 Å². The van der Waals surface area contributed by atoms with Gasteiger partial charge in [0, 0.05) is 67.8 Å². The number of Topliss-reactive ketones (excluding diaryl/α,β-unsaturated/α-hetero) is 1. The molecule has 1 saturated heterocycles. The highest BCUT2D eigenvalue weighted by Crippen LogP contribution is 2.38. The first-order chi connectivity index (χ1) is 21.3. The number of amides is 1. The summed E-state index contributed by atoms with van der Waals surface area (Å²) >= 11 is 6.22. The Kier molecular flexibility index (Phi) is 8.46. The predicted octanol–water partition coefficient (Wildman–Crippen LogP) is 5.40. The van der Waals surface area contributed by atoms with Crippen LogP contribution in [0.25, 0.3) is 11.1 Å². The van der Waals surface area contributed by atoms with Crippen LogP contribution in [0.2, 0.25) is 5.02 Å². The standard InChI is InChI=1S/C35H33ClN4O4/c1-38-14-16-39(17-15-38)31-7-3-6-30-29(31)12-13-40(33(30)32(41)18-23-8-10-24(11-9-23)35(43)44)34(42)27-19-26(21-37-22-27)25-4-2-5-28(36)20-25/h2-11,19-22,33H,12-18H2,1H3,(H,43,44). The number of carboxylic acids is 1. The first-order valence-electron chi connectivity index (χ1n) is 14.7. The average Bonchev–Trinajstić information content (AvgIpc) is 3.04. The summed E-state index contributed by atoms with van der Waals surface area (Å²) in [7, 11) is 2.12. The molecule has 1 fully saturated rings. The summed E-state index contributed by atoms with van der Waals surface area (Å²) in [4.78, 5) is 50.4. The average molecular weight is 609 g/mol. The van der Waals surface area contributed by atoms with Crippen molar-refractivity contribution < 1.29 is 19.5 Å². The Morgan fingerprint density at radius 2 is 1.61 bits per heavy atom. The van der Waals surface area contributed by atoms with Gasteiger partial charge in [-0.05, 0) is 72.1 Å². The summed E-state index contributed by atoms with van der Waals surface area (Å²) in [5.74, 6) is -1.42. The zero-order valence-electron chi connectivity index (χ0n) is 24.4. The molecule has 8 nitrogen and oxygen atoms in total. The SMILES string of the molecule is CN1CCN(c2cccc3c2CCN(C(=O)c2cncc(-c4cccc(Cl)c4)c2)C3C(=O)Cc2ccc(C(=O)O)cc2)CC1. The van der Waals surface area contributed by atoms with E-state index in [1.807, 2.05) is 30.3 Å². The molecule has 224 valence electrons. The molecular weight excluding hydrogens is 576 g/mol. The van der Waals surface area contributed by atoms with E-state index in [1.54, 1.807) is 41.6 Å². The van der Waals surface area contributed by atoms with E-state index in [9.17, 15) is 19.5 Å². The predicted molar refractivity (Wildman–Crippen MR) is 170 cm³/mol. The Hall–Kier alpha value is -4.53. The zero-order chi connectivity index (χ0) is 30.8. The van der Waals surface area contributed by atoms with Crippen LogP contribution >= 0.6 is 11.6 Å². The number of benzene rings is 3. The summed E-state index contributed by atoms with van der Waals surface area (Å²) in [6, 6.07) is 20.8. The van der Waals surface area contributed by atoms with E-state index in [0.29, 0.717) is 29.1 Å². The molecule has 4 aromatic rings. The van der Waals surface area contributed by atoms with Crippen molar-refractivity contribution in [3.05, 3.63) is 118 Å². The van der Waals surface area contributed by atoms with Crippen LogP contribution in [0.3, 0.4) is 0 Å². The Morgan fingerprint density at radius 1 is 0.864 bits per heavy atom. The number of nitrogens with zero attached hydrogens (tertiary/aromatic N) is 4. The number of carboxylic acid groups (broad SMARTS) is 1. The van der Waals surface area contributed by atoms with Gasteiger partial charge in [0.25, 0.3) is 5.91 Å². The molecule has 9 heteroatoms. The van der Waals surface area contributed by atoms with Crippen molar-refractivity contribution in [3.8, 4) is 11.1 Å². The number of rotatable bonds is 7. The number of hydrogen-bond donors (Lipinski definition) is 1. The molecule has 1 amide bonds. The highest BCUT2D eigenvalue weighted by molar-refractivity contribution is 6.30. The number of carbonyl (C=O) groups excluding carboxylic acids is 2. The van der Waals surface area contributed by atoms with E-state index >= 15 is 0 Å². The first kappa shape index (κ1) is 29.5. The van der Waals surface area contributed by atoms with Gasteiger partial charge in [-0.15, -0.1) is 0 Å². The molecule has 44 heavy (non-hydrogen) atoms. The Labute approximate surface area is 261 Å². The van der Waals surface area contributed by atoms with Gasteiger partial charge in [-0.25, -0.2) is 4.79 Å². The number of aromatic nitrogens is 1. The van der Waals surface area contributed by atoms with Crippen LogP contribution in [0.1, 0.15) is 43.4 Å². The Balaban J connectivity index is 1.36. The lowest BCUT2D eigenvalue weighted by Gasteiger charge is -2.40. The molecule has 1 N–H and O–H groups in total. The van der Waals surface area contributed by atoms with E-state index in [0.717, 1.165) is 54.1 Å². The lowest BCUT2D eigenvalue weighted by Crippen LogP contribution is -2.47. The lowest BCUT2D eigenvalue weighted by atomic mass is 9.86. The van der Waals surface area contributed by atoms with Crippen LogP contribution < -0.4 is 4.90 Å². The minimum Gasteiger partial charge on any atom is -0.478 e. The molecule has 0 aliphatic carbocycles. The molecule has 2 aliphatic rings. The lowest BCUT2D eigenvalue weighted by molar-refractivity contribution is -0.123. The van der Waals surface area contributed by atoms with Gasteiger partial charge in [0.1, 0.15) is 6.04 Å². The maximum absolute atomic E-state index is 14.2. The van der Waals surface area contributed by atoms with Crippen LogP contribution in [0.15, 0.2) is 85.2 Å². The van der Waals surface area contributed by atoms with Crippen LogP contribution in [0.5, 0.6) is 0 Å². The second-order valence-electron chi connectivity index (χ2n) is 11.4. The number of fused-ring (bicyclic) bond motifs is 1. The molecular formula is C35H33ClN4O4. The molecule has 1 atom stereocenters. The number of piperazine rings is 1. The highest BCUT2D eigenvalue weighted by Gasteiger charge is 2.38. The van der Waals surface area contributed by atoms with Crippen molar-refractivity contribution >= 4 is 34.9 Å². The number of anilines is 1. The molecule has 2 aliphatic heterocycles. The van der Waals surface area contributed by atoms with Gasteiger partial charge in [0.2, 0.25) is 0 Å². The number of likely N-dealkylation sites (N-methyl/N-ethyl adjacent to an activating group) is 1. The van der Waals surface area contributed by atoms with Crippen LogP contribution in [0.4, 0.5) is 5.69 Å². The third-order valence-electron chi connectivity index (χ3n) is 8.53. The minimum absolute atomic E-state index is 0.0628. The molecule has 1 aromatic heterocycles. The fraction of sp³-hybridized carbons (Fsp3) is 0.257. The molecule has 0 bridgehead atoms. The number of carbonyl (C=O) groups is 3. The van der Waals surface area contributed by atoms with Crippen molar-refractivity contribution in [2.24, 2.45) is 0 Å². The summed E-state index contributed by atoms with van der Waals surface area (Å²) in [6.45, 7) is 4.09. The normalized spacial score (nSPS) is 16.8. The molecule has 3 aromatic carbocycles. The highest BCUT2D eigenvalue weighted by atomic mass is 35.5. The van der Waals surface area contributed by atoms with E-state index in [4.69, 9.17) is 11.6 Å². The number of aromatic carboxylic acids is 1. The van der Waals surface area contributed by atoms with E-state index in [2.05, 4.69) is 27.9 Å². The second-order valence-corrected chi connectivity index (χ2v) is 11.8. The summed E-state index contributed by atoms with van der Waals surface area (Å²) < 4.78 is 0. The number of ketones is 1. The topological polar surface area (TPSA) is 94.0 Å². The summed E-state index contributed by atoms with van der Waals surface area (Å²) in [6.07, 6.45) is 3.92. The maximum Gasteiger partial charge on any atom is 0.335 e. The molecule has 0 radical (unpaired) electrons. The van der Waals surface area contributed by atoms with Gasteiger partial charge in [0.05, 0.1) is 11.1 Å². The van der Waals surface area contributed by atoms with Crippen molar-refractivity contribution in [1.82, 2.24) is 14.8 Å². The Bertz CT molecular complexity index is 1720. The molecule has 3 heterocycles. The van der Waals surface area contributed by atoms with Gasteiger partial charge < -0.3 is 19.8 Å². The molecule has 6 rings (SSSR count). The fourth-order valence-corrected chi connectivity index (χ4v) is 6.36. The summed E-state index contributed by atoms with van der Waals surface area (Å²) in [5.41, 5.74) is 5.91. The van der Waals surface area contributed by atoms with E-state index in [-0.39, 0.29) is 23.7 Å². The molecule has 0 saturated carbocycles. The quantitative estimate of drug-likeness (QED) is 0.300. The van der Waals surface area contributed by atoms with E-state index in [1.165, 1.54) is 12.1 Å². The number of halogens is 1. The van der Waals surface area contributed by atoms with Gasteiger partial charge >= 0.3 is 5.97 Å². The van der Waals surface area contributed by atoms with Crippen molar-refractivity contribution in [3.63, 3.8) is 0 Å². The minimum atomic E-state index is -1.02. The fourth-order valence-electron chi connectivity index (χ4n) is 6.17. The van der Waals surface area contributed by atoms with Gasteiger partial charge in [-0.1, -0.05) is 48.0 Å². The van der Waals surface area contributed by atoms with Crippen molar-refractivity contribution in [1.29, 1.82) is 0 Å². The van der Waals surface area contributed by atoms with Crippen LogP contribution in [-0.2, 0) is 17.6 Å². The van der Waals surface area contributed by atoms with Crippen LogP contribution in [-0.4, -0.2) is 77.3 Å². The summed E-state index contributed by atoms with van der Waals surface area (Å²) in [5, 5.41) is 9.89. The van der Waals surface area contributed by atoms with Gasteiger partial charge in [0.15, 0.2) is 5.78 Å². The number of pyridine rings is 1. The Morgan fingerprint density at radius 3 is 2.34 bits per heavy atom. The first-order valence-corrected chi connectivity index (χ1v) is 15.1. The monoisotopic (exact) mass is 608 g/mol. The molecule has 1 unspecified atom stereocenters. The largest absolute Gasteiger partial charge is 0.478 e. The van der Waals surface area contributed by atoms with Gasteiger partial charge in [-0.2, -0.15) is 0 Å². The van der Waals surface area contributed by atoms with Gasteiger partial charge in [-0.3, -0.25) is 14.6 Å². The third kappa shape index (κ3) is 6.09. The maximum atomic E-state index is 14.2. The third-order valence-corrected chi connectivity index (χ3v) is 8.76.